The average molecular weight is 244 g/mol. The molecule has 1 saturated carbocycles. The van der Waals surface area contributed by atoms with Gasteiger partial charge in [-0.05, 0) is 30.4 Å². The molecule has 1 aliphatic carbocycles. The van der Waals surface area contributed by atoms with Crippen LogP contribution in [-0.4, -0.2) is 18.5 Å². The van der Waals surface area contributed by atoms with Crippen LogP contribution in [0.25, 0.3) is 0 Å². The first-order valence-electron chi connectivity index (χ1n) is 6.84. The van der Waals surface area contributed by atoms with Crippen LogP contribution in [0.15, 0.2) is 24.3 Å². The second-order valence-corrected chi connectivity index (χ2v) is 5.71. The molecule has 96 valence electrons. The maximum atomic E-state index is 12.0. The minimum Gasteiger partial charge on any atom is -0.384 e. The molecular weight excluding hydrogens is 224 g/mol. The molecule has 1 aliphatic heterocycles. The smallest absolute Gasteiger partial charge is 0.220 e. The lowest BCUT2D eigenvalue weighted by molar-refractivity contribution is -0.122. The number of para-hydroxylation sites is 1. The molecule has 1 fully saturated rings. The van der Waals surface area contributed by atoms with E-state index in [1.54, 1.807) is 0 Å². The van der Waals surface area contributed by atoms with E-state index in [9.17, 15) is 4.79 Å². The van der Waals surface area contributed by atoms with Crippen molar-refractivity contribution in [3.05, 3.63) is 29.8 Å². The van der Waals surface area contributed by atoms with E-state index in [1.165, 1.54) is 11.3 Å². The molecule has 1 aromatic rings. The van der Waals surface area contributed by atoms with Crippen LogP contribution in [0, 0.1) is 5.92 Å². The zero-order chi connectivity index (χ0) is 12.5. The molecule has 0 bridgehead atoms. The van der Waals surface area contributed by atoms with Gasteiger partial charge in [0.25, 0.3) is 0 Å². The topological polar surface area (TPSA) is 41.1 Å². The molecule has 3 nitrogen and oxygen atoms in total. The quantitative estimate of drug-likeness (QED) is 0.857. The number of hydrogen-bond acceptors (Lipinski definition) is 2. The van der Waals surface area contributed by atoms with Crippen LogP contribution in [0.3, 0.4) is 0 Å². The highest BCUT2D eigenvalue weighted by Crippen LogP contribution is 2.33. The molecule has 2 N–H and O–H groups in total. The number of carbonyl (C=O) groups is 1. The third-order valence-electron chi connectivity index (χ3n) is 4.11. The average Bonchev–Trinajstić information content (AvgIpc) is 2.71. The predicted molar refractivity (Wildman–Crippen MR) is 72.6 cm³/mol. The van der Waals surface area contributed by atoms with Crippen molar-refractivity contribution in [3.63, 3.8) is 0 Å². The van der Waals surface area contributed by atoms with E-state index in [2.05, 4.69) is 29.7 Å². The molecule has 0 radical (unpaired) electrons. The van der Waals surface area contributed by atoms with E-state index in [-0.39, 0.29) is 5.91 Å². The van der Waals surface area contributed by atoms with Gasteiger partial charge >= 0.3 is 0 Å². The van der Waals surface area contributed by atoms with E-state index in [0.29, 0.717) is 18.4 Å². The summed E-state index contributed by atoms with van der Waals surface area (Å²) >= 11 is 0. The highest BCUT2D eigenvalue weighted by atomic mass is 16.1. The van der Waals surface area contributed by atoms with Gasteiger partial charge in [0, 0.05) is 30.6 Å². The van der Waals surface area contributed by atoms with Gasteiger partial charge in [0.05, 0.1) is 0 Å². The first kappa shape index (κ1) is 11.6. The molecular formula is C15H20N2O. The Balaban J connectivity index is 1.56. The lowest BCUT2D eigenvalue weighted by Gasteiger charge is -2.33. The molecule has 1 amide bonds. The fraction of sp³-hybridized carbons (Fsp3) is 0.533. The summed E-state index contributed by atoms with van der Waals surface area (Å²) in [5, 5.41) is 6.50. The zero-order valence-corrected chi connectivity index (χ0v) is 10.8. The SMILES string of the molecule is CC1CC(NC(=O)CC2CNc3ccccc32)C1. The van der Waals surface area contributed by atoms with E-state index in [4.69, 9.17) is 0 Å². The summed E-state index contributed by atoms with van der Waals surface area (Å²) < 4.78 is 0. The van der Waals surface area contributed by atoms with Crippen molar-refractivity contribution < 1.29 is 4.79 Å². The normalized spacial score (nSPS) is 29.1. The maximum Gasteiger partial charge on any atom is 0.220 e. The van der Waals surface area contributed by atoms with Crippen LogP contribution >= 0.6 is 0 Å². The van der Waals surface area contributed by atoms with Gasteiger partial charge < -0.3 is 10.6 Å². The summed E-state index contributed by atoms with van der Waals surface area (Å²) in [5.41, 5.74) is 2.47. The van der Waals surface area contributed by atoms with Gasteiger partial charge in [-0.15, -0.1) is 0 Å². The molecule has 0 aromatic heterocycles. The Morgan fingerprint density at radius 3 is 2.94 bits per heavy atom. The largest absolute Gasteiger partial charge is 0.384 e. The summed E-state index contributed by atoms with van der Waals surface area (Å²) in [5.74, 6) is 1.32. The molecule has 1 aromatic carbocycles. The number of fused-ring (bicyclic) bond motifs is 1. The zero-order valence-electron chi connectivity index (χ0n) is 10.8. The summed E-state index contributed by atoms with van der Waals surface area (Å²) in [6, 6.07) is 8.71. The van der Waals surface area contributed by atoms with Crippen molar-refractivity contribution in [1.82, 2.24) is 5.32 Å². The minimum atomic E-state index is 0.204. The predicted octanol–water partition coefficient (Wildman–Crippen LogP) is 2.50. The van der Waals surface area contributed by atoms with Crippen molar-refractivity contribution >= 4 is 11.6 Å². The Morgan fingerprint density at radius 2 is 2.17 bits per heavy atom. The third-order valence-corrected chi connectivity index (χ3v) is 4.11. The molecule has 2 aliphatic rings. The van der Waals surface area contributed by atoms with Crippen LogP contribution < -0.4 is 10.6 Å². The molecule has 3 heteroatoms. The van der Waals surface area contributed by atoms with Gasteiger partial charge in [-0.1, -0.05) is 25.1 Å². The number of amides is 1. The van der Waals surface area contributed by atoms with Crippen molar-refractivity contribution in [2.75, 3.05) is 11.9 Å². The van der Waals surface area contributed by atoms with Crippen molar-refractivity contribution in [2.45, 2.75) is 38.1 Å². The Labute approximate surface area is 108 Å². The summed E-state index contributed by atoms with van der Waals surface area (Å²) in [4.78, 5) is 12.0. The van der Waals surface area contributed by atoms with E-state index in [1.807, 2.05) is 12.1 Å². The van der Waals surface area contributed by atoms with E-state index < -0.39 is 0 Å². The third kappa shape index (κ3) is 2.22. The van der Waals surface area contributed by atoms with Crippen LogP contribution in [0.5, 0.6) is 0 Å². The fourth-order valence-corrected chi connectivity index (χ4v) is 3.07. The summed E-state index contributed by atoms with van der Waals surface area (Å²) in [6.07, 6.45) is 2.89. The number of carbonyl (C=O) groups excluding carboxylic acids is 1. The lowest BCUT2D eigenvalue weighted by atomic mass is 9.81. The standard InChI is InChI=1S/C15H20N2O/c1-10-6-12(7-10)17-15(18)8-11-9-16-14-5-3-2-4-13(11)14/h2-5,10-12,16H,6-9H2,1H3,(H,17,18). The van der Waals surface area contributed by atoms with Gasteiger partial charge in [0.15, 0.2) is 0 Å². The fourth-order valence-electron chi connectivity index (χ4n) is 3.07. The molecule has 3 rings (SSSR count). The second kappa shape index (κ2) is 4.63. The highest BCUT2D eigenvalue weighted by molar-refractivity contribution is 5.78. The van der Waals surface area contributed by atoms with E-state index in [0.717, 1.165) is 25.3 Å². The maximum absolute atomic E-state index is 12.0. The number of benzene rings is 1. The van der Waals surface area contributed by atoms with Gasteiger partial charge in [-0.25, -0.2) is 0 Å². The Bertz CT molecular complexity index is 452. The molecule has 1 unspecified atom stereocenters. The first-order valence-corrected chi connectivity index (χ1v) is 6.84. The molecule has 1 heterocycles. The molecule has 18 heavy (non-hydrogen) atoms. The van der Waals surface area contributed by atoms with Crippen LogP contribution in [0.2, 0.25) is 0 Å². The number of anilines is 1. The van der Waals surface area contributed by atoms with Crippen molar-refractivity contribution in [2.24, 2.45) is 5.92 Å². The second-order valence-electron chi connectivity index (χ2n) is 5.71. The van der Waals surface area contributed by atoms with Crippen molar-refractivity contribution in [1.29, 1.82) is 0 Å². The van der Waals surface area contributed by atoms with Crippen LogP contribution in [0.4, 0.5) is 5.69 Å². The molecule has 0 saturated heterocycles. The van der Waals surface area contributed by atoms with Gasteiger partial charge in [-0.2, -0.15) is 0 Å². The number of hydrogen-bond donors (Lipinski definition) is 2. The van der Waals surface area contributed by atoms with Gasteiger partial charge in [0.1, 0.15) is 0 Å². The Morgan fingerprint density at radius 1 is 1.39 bits per heavy atom. The summed E-state index contributed by atoms with van der Waals surface area (Å²) in [6.45, 7) is 3.12. The Kier molecular flexibility index (Phi) is 2.98. The number of nitrogens with one attached hydrogen (secondary N) is 2. The van der Waals surface area contributed by atoms with E-state index >= 15 is 0 Å². The van der Waals surface area contributed by atoms with Crippen LogP contribution in [-0.2, 0) is 4.79 Å². The molecule has 0 spiro atoms. The molecule has 1 atom stereocenters. The minimum absolute atomic E-state index is 0.204. The Hall–Kier alpha value is -1.51. The van der Waals surface area contributed by atoms with Crippen molar-refractivity contribution in [3.8, 4) is 0 Å². The monoisotopic (exact) mass is 244 g/mol. The highest BCUT2D eigenvalue weighted by Gasteiger charge is 2.29. The van der Waals surface area contributed by atoms with Gasteiger partial charge in [0.2, 0.25) is 5.91 Å². The first-order chi connectivity index (χ1) is 8.72. The lowest BCUT2D eigenvalue weighted by Crippen LogP contribution is -2.43. The summed E-state index contributed by atoms with van der Waals surface area (Å²) in [7, 11) is 0. The van der Waals surface area contributed by atoms with Gasteiger partial charge in [-0.3, -0.25) is 4.79 Å². The number of rotatable bonds is 3. The van der Waals surface area contributed by atoms with Crippen LogP contribution in [0.1, 0.15) is 37.7 Å².